The first-order chi connectivity index (χ1) is 6.19. The number of hydrogen-bond donors (Lipinski definition) is 0. The van der Waals surface area contributed by atoms with Crippen LogP contribution < -0.4 is 0 Å². The van der Waals surface area contributed by atoms with Crippen molar-refractivity contribution in [2.45, 2.75) is 0 Å². The monoisotopic (exact) mass is 193 g/mol. The van der Waals surface area contributed by atoms with Crippen molar-refractivity contribution >= 4 is 35.3 Å². The molecule has 1 aromatic carbocycles. The van der Waals surface area contributed by atoms with E-state index in [1.165, 1.54) is 0 Å². The van der Waals surface area contributed by atoms with Gasteiger partial charge in [0.1, 0.15) is 6.29 Å². The second-order valence-corrected chi connectivity index (χ2v) is 2.91. The molecule has 0 spiro atoms. The molecule has 0 saturated carbocycles. The predicted molar refractivity (Wildman–Crippen MR) is 55.9 cm³/mol. The van der Waals surface area contributed by atoms with Gasteiger partial charge in [0.15, 0.2) is 0 Å². The van der Waals surface area contributed by atoms with Gasteiger partial charge in [-0.3, -0.25) is 9.79 Å². The maximum atomic E-state index is 10.5. The normalized spacial score (nSPS) is 9.31. The van der Waals surface area contributed by atoms with E-state index in [9.17, 15) is 4.79 Å². The third kappa shape index (κ3) is 2.04. The molecule has 0 atom stereocenters. The molecule has 1 rings (SSSR count). The maximum absolute atomic E-state index is 10.5. The number of rotatable bonds is 3. The van der Waals surface area contributed by atoms with Crippen LogP contribution in [0.1, 0.15) is 15.9 Å². The van der Waals surface area contributed by atoms with E-state index in [4.69, 9.17) is 11.6 Å². The van der Waals surface area contributed by atoms with Crippen molar-refractivity contribution in [1.82, 2.24) is 0 Å². The zero-order valence-corrected chi connectivity index (χ0v) is 7.71. The molecule has 0 bridgehead atoms. The van der Waals surface area contributed by atoms with Crippen molar-refractivity contribution in [3.8, 4) is 0 Å². The Bertz CT molecular complexity index is 371. The molecule has 3 heteroatoms. The van der Waals surface area contributed by atoms with Crippen LogP contribution >= 0.6 is 11.6 Å². The summed E-state index contributed by atoms with van der Waals surface area (Å²) in [6.45, 7) is 6.96. The smallest absolute Gasteiger partial charge is 0.150 e. The van der Waals surface area contributed by atoms with E-state index in [0.29, 0.717) is 21.8 Å². The van der Waals surface area contributed by atoms with Crippen LogP contribution in [0.15, 0.2) is 29.8 Å². The Morgan fingerprint density at radius 2 is 2.23 bits per heavy atom. The number of hydrogen-bond acceptors (Lipinski definition) is 2. The molecule has 0 fully saturated rings. The summed E-state index contributed by atoms with van der Waals surface area (Å²) >= 11 is 5.72. The SMILES string of the molecule is C=Nc1ccc(C=O)cc1C(=C)Cl. The highest BCUT2D eigenvalue weighted by Gasteiger charge is 2.03. The van der Waals surface area contributed by atoms with Crippen molar-refractivity contribution in [3.63, 3.8) is 0 Å². The van der Waals surface area contributed by atoms with Gasteiger partial charge in [-0.2, -0.15) is 0 Å². The summed E-state index contributed by atoms with van der Waals surface area (Å²) in [6, 6.07) is 4.96. The molecule has 0 aliphatic heterocycles. The van der Waals surface area contributed by atoms with Crippen molar-refractivity contribution in [1.29, 1.82) is 0 Å². The Morgan fingerprint density at radius 3 is 2.69 bits per heavy atom. The van der Waals surface area contributed by atoms with Gasteiger partial charge in [0.05, 0.1) is 5.69 Å². The van der Waals surface area contributed by atoms with Crippen LogP contribution in [0.5, 0.6) is 0 Å². The van der Waals surface area contributed by atoms with Gasteiger partial charge in [-0.25, -0.2) is 0 Å². The van der Waals surface area contributed by atoms with Crippen molar-refractivity contribution in [3.05, 3.63) is 35.9 Å². The predicted octanol–water partition coefficient (Wildman–Crippen LogP) is 3.04. The van der Waals surface area contributed by atoms with Crippen LogP contribution in [0.2, 0.25) is 0 Å². The molecule has 1 aromatic rings. The molecule has 0 N–H and O–H groups in total. The molecule has 66 valence electrons. The molecule has 0 amide bonds. The van der Waals surface area contributed by atoms with Crippen LogP contribution in [-0.4, -0.2) is 13.0 Å². The number of carbonyl (C=O) groups excluding carboxylic acids is 1. The van der Waals surface area contributed by atoms with Gasteiger partial charge in [0, 0.05) is 16.2 Å². The van der Waals surface area contributed by atoms with Gasteiger partial charge in [-0.05, 0) is 24.9 Å². The number of carbonyl (C=O) groups is 1. The maximum Gasteiger partial charge on any atom is 0.150 e. The molecule has 0 aliphatic carbocycles. The number of nitrogens with zero attached hydrogens (tertiary/aromatic N) is 1. The van der Waals surface area contributed by atoms with Crippen molar-refractivity contribution < 1.29 is 4.79 Å². The van der Waals surface area contributed by atoms with Gasteiger partial charge >= 0.3 is 0 Å². The lowest BCUT2D eigenvalue weighted by atomic mass is 10.1. The zero-order chi connectivity index (χ0) is 9.84. The van der Waals surface area contributed by atoms with Gasteiger partial charge in [0.25, 0.3) is 0 Å². The van der Waals surface area contributed by atoms with Gasteiger partial charge < -0.3 is 0 Å². The molecule has 0 radical (unpaired) electrons. The molecule has 0 unspecified atom stereocenters. The number of aldehydes is 1. The third-order valence-corrected chi connectivity index (χ3v) is 1.82. The van der Waals surface area contributed by atoms with E-state index in [2.05, 4.69) is 18.3 Å². The second-order valence-electron chi connectivity index (χ2n) is 2.46. The second kappa shape index (κ2) is 4.01. The van der Waals surface area contributed by atoms with E-state index in [-0.39, 0.29) is 0 Å². The molecule has 13 heavy (non-hydrogen) atoms. The number of aliphatic imine (C=N–C) groups is 1. The van der Waals surface area contributed by atoms with E-state index in [1.807, 2.05) is 0 Å². The largest absolute Gasteiger partial charge is 0.298 e. The van der Waals surface area contributed by atoms with E-state index >= 15 is 0 Å². The lowest BCUT2D eigenvalue weighted by Crippen LogP contribution is -1.83. The lowest BCUT2D eigenvalue weighted by Gasteiger charge is -2.03. The van der Waals surface area contributed by atoms with Crippen molar-refractivity contribution in [2.24, 2.45) is 4.99 Å². The van der Waals surface area contributed by atoms with Gasteiger partial charge in [-0.1, -0.05) is 18.2 Å². The van der Waals surface area contributed by atoms with Crippen LogP contribution in [0.25, 0.3) is 5.03 Å². The third-order valence-electron chi connectivity index (χ3n) is 1.62. The molecule has 0 aliphatic rings. The molecule has 0 aromatic heterocycles. The highest BCUT2D eigenvalue weighted by atomic mass is 35.5. The fraction of sp³-hybridized carbons (Fsp3) is 0. The fourth-order valence-corrected chi connectivity index (χ4v) is 1.13. The summed E-state index contributed by atoms with van der Waals surface area (Å²) in [5.74, 6) is 0. The summed E-state index contributed by atoms with van der Waals surface area (Å²) in [5.41, 5.74) is 1.82. The Hall–Kier alpha value is -1.41. The first kappa shape index (κ1) is 9.68. The first-order valence-electron chi connectivity index (χ1n) is 3.59. The minimum Gasteiger partial charge on any atom is -0.298 e. The van der Waals surface area contributed by atoms with E-state index in [0.717, 1.165) is 6.29 Å². The van der Waals surface area contributed by atoms with Gasteiger partial charge in [-0.15, -0.1) is 0 Å². The Morgan fingerprint density at radius 1 is 1.54 bits per heavy atom. The van der Waals surface area contributed by atoms with E-state index < -0.39 is 0 Å². The topological polar surface area (TPSA) is 29.4 Å². The number of halogens is 1. The quantitative estimate of drug-likeness (QED) is 0.536. The summed E-state index contributed by atoms with van der Waals surface area (Å²) in [6.07, 6.45) is 0.746. The first-order valence-corrected chi connectivity index (χ1v) is 3.97. The Kier molecular flexibility index (Phi) is 2.98. The lowest BCUT2D eigenvalue weighted by molar-refractivity contribution is 0.112. The molecular formula is C10H8ClNO. The molecule has 0 heterocycles. The summed E-state index contributed by atoms with van der Waals surface area (Å²) in [7, 11) is 0. The van der Waals surface area contributed by atoms with E-state index in [1.54, 1.807) is 18.2 Å². The summed E-state index contributed by atoms with van der Waals surface area (Å²) in [4.78, 5) is 14.2. The Balaban J connectivity index is 3.33. The highest BCUT2D eigenvalue weighted by molar-refractivity contribution is 6.48. The molecular weight excluding hydrogens is 186 g/mol. The Labute approximate surface area is 81.6 Å². The van der Waals surface area contributed by atoms with Crippen LogP contribution in [0.4, 0.5) is 5.69 Å². The standard InChI is InChI=1S/C10H8ClNO/c1-7(11)9-5-8(6-13)3-4-10(9)12-2/h3-6H,1-2H2. The van der Waals surface area contributed by atoms with Crippen LogP contribution in [0, 0.1) is 0 Å². The van der Waals surface area contributed by atoms with Crippen molar-refractivity contribution in [2.75, 3.05) is 0 Å². The van der Waals surface area contributed by atoms with Crippen LogP contribution in [-0.2, 0) is 0 Å². The highest BCUT2D eigenvalue weighted by Crippen LogP contribution is 2.28. The molecule has 0 saturated heterocycles. The number of benzene rings is 1. The summed E-state index contributed by atoms with van der Waals surface area (Å²) in [5, 5.41) is 0.353. The average molecular weight is 194 g/mol. The van der Waals surface area contributed by atoms with Gasteiger partial charge in [0.2, 0.25) is 0 Å². The zero-order valence-electron chi connectivity index (χ0n) is 6.96. The van der Waals surface area contributed by atoms with Crippen LogP contribution in [0.3, 0.4) is 0 Å². The minimum atomic E-state index is 0.353. The molecule has 2 nitrogen and oxygen atoms in total. The average Bonchev–Trinajstić information content (AvgIpc) is 2.16. The fourth-order valence-electron chi connectivity index (χ4n) is 0.982. The summed E-state index contributed by atoms with van der Waals surface area (Å²) < 4.78 is 0. The minimum absolute atomic E-state index is 0.353.